The van der Waals surface area contributed by atoms with Crippen molar-refractivity contribution in [1.82, 2.24) is 4.98 Å². The molecular weight excluding hydrogens is 256 g/mol. The van der Waals surface area contributed by atoms with Crippen LogP contribution in [0.15, 0.2) is 12.3 Å². The number of anilines is 1. The average Bonchev–Trinajstić information content (AvgIpc) is 2.32. The fourth-order valence-corrected chi connectivity index (χ4v) is 2.24. The van der Waals surface area contributed by atoms with Crippen LogP contribution in [0.3, 0.4) is 0 Å². The topological polar surface area (TPSA) is 85.3 Å². The molecule has 2 N–H and O–H groups in total. The Morgan fingerprint density at radius 2 is 2.39 bits per heavy atom. The van der Waals surface area contributed by atoms with Crippen molar-refractivity contribution in [1.29, 1.82) is 0 Å². The maximum Gasteiger partial charge on any atom is 0.313 e. The number of halogens is 1. The van der Waals surface area contributed by atoms with E-state index in [0.29, 0.717) is 18.3 Å². The monoisotopic (exact) mass is 270 g/mol. The number of aromatic nitrogens is 1. The lowest BCUT2D eigenvalue weighted by Crippen LogP contribution is -2.48. The van der Waals surface area contributed by atoms with Gasteiger partial charge in [-0.25, -0.2) is 4.98 Å². The van der Waals surface area contributed by atoms with Crippen molar-refractivity contribution in [3.63, 3.8) is 0 Å². The van der Waals surface area contributed by atoms with Crippen LogP contribution in [0.2, 0.25) is 5.02 Å². The van der Waals surface area contributed by atoms with Crippen molar-refractivity contribution < 1.29 is 4.92 Å². The van der Waals surface area contributed by atoms with E-state index in [0.717, 1.165) is 13.0 Å². The highest BCUT2D eigenvalue weighted by Gasteiger charge is 2.28. The van der Waals surface area contributed by atoms with Crippen LogP contribution in [0.1, 0.15) is 13.3 Å². The van der Waals surface area contributed by atoms with Gasteiger partial charge in [0.15, 0.2) is 0 Å². The quantitative estimate of drug-likeness (QED) is 0.654. The van der Waals surface area contributed by atoms with Gasteiger partial charge < -0.3 is 10.6 Å². The Labute approximate surface area is 110 Å². The minimum atomic E-state index is -0.461. The molecule has 1 fully saturated rings. The molecule has 7 heteroatoms. The molecule has 0 radical (unpaired) electrons. The third kappa shape index (κ3) is 2.54. The largest absolute Gasteiger partial charge is 0.349 e. The van der Waals surface area contributed by atoms with Crippen molar-refractivity contribution in [2.45, 2.75) is 19.4 Å². The van der Waals surface area contributed by atoms with Crippen molar-refractivity contribution in [2.75, 3.05) is 18.0 Å². The first-order valence-corrected chi connectivity index (χ1v) is 6.17. The summed E-state index contributed by atoms with van der Waals surface area (Å²) < 4.78 is 0. The molecule has 2 atom stereocenters. The van der Waals surface area contributed by atoms with E-state index < -0.39 is 4.92 Å². The molecule has 0 aliphatic carbocycles. The maximum absolute atomic E-state index is 11.0. The van der Waals surface area contributed by atoms with Crippen molar-refractivity contribution in [3.05, 3.63) is 27.4 Å². The summed E-state index contributed by atoms with van der Waals surface area (Å²) in [5.74, 6) is 0.777. The van der Waals surface area contributed by atoms with Crippen LogP contribution in [-0.2, 0) is 0 Å². The molecule has 0 aromatic carbocycles. The normalized spacial score (nSPS) is 24.1. The summed E-state index contributed by atoms with van der Waals surface area (Å²) in [6, 6.07) is 1.34. The Balaban J connectivity index is 2.30. The van der Waals surface area contributed by atoms with E-state index >= 15 is 0 Å². The lowest BCUT2D eigenvalue weighted by Gasteiger charge is -2.35. The van der Waals surface area contributed by atoms with Gasteiger partial charge in [-0.1, -0.05) is 18.5 Å². The lowest BCUT2D eigenvalue weighted by atomic mass is 9.94. The number of nitrogens with zero attached hydrogens (tertiary/aromatic N) is 3. The average molecular weight is 271 g/mol. The van der Waals surface area contributed by atoms with Crippen molar-refractivity contribution in [3.8, 4) is 0 Å². The van der Waals surface area contributed by atoms with E-state index in [4.69, 9.17) is 17.3 Å². The Hall–Kier alpha value is -1.40. The molecule has 2 unspecified atom stereocenters. The molecule has 1 aromatic heterocycles. The summed E-state index contributed by atoms with van der Waals surface area (Å²) in [4.78, 5) is 16.5. The second-order valence-corrected chi connectivity index (χ2v) is 5.07. The second kappa shape index (κ2) is 5.07. The molecular formula is C11H15ClN4O2. The summed E-state index contributed by atoms with van der Waals surface area (Å²) in [7, 11) is 0. The van der Waals surface area contributed by atoms with Gasteiger partial charge in [-0.15, -0.1) is 0 Å². The third-order valence-electron chi connectivity index (χ3n) is 3.33. The molecule has 0 amide bonds. The number of nitrogens with two attached hydrogens (primary N) is 1. The molecule has 0 bridgehead atoms. The zero-order chi connectivity index (χ0) is 13.3. The number of hydrogen-bond donors (Lipinski definition) is 1. The highest BCUT2D eigenvalue weighted by molar-refractivity contribution is 6.30. The van der Waals surface area contributed by atoms with E-state index in [1.807, 2.05) is 4.90 Å². The molecule has 2 rings (SSSR count). The molecule has 1 aliphatic rings. The van der Waals surface area contributed by atoms with Crippen LogP contribution in [0.4, 0.5) is 11.5 Å². The van der Waals surface area contributed by atoms with Gasteiger partial charge >= 0.3 is 5.69 Å². The number of piperidine rings is 1. The number of hydrogen-bond acceptors (Lipinski definition) is 5. The molecule has 0 spiro atoms. The van der Waals surface area contributed by atoms with E-state index in [-0.39, 0.29) is 16.8 Å². The van der Waals surface area contributed by atoms with Gasteiger partial charge in [-0.05, 0) is 12.3 Å². The first-order valence-electron chi connectivity index (χ1n) is 5.79. The first-order chi connectivity index (χ1) is 8.49. The van der Waals surface area contributed by atoms with Gasteiger partial charge in [0.2, 0.25) is 5.82 Å². The summed E-state index contributed by atoms with van der Waals surface area (Å²) >= 11 is 5.74. The zero-order valence-corrected chi connectivity index (χ0v) is 10.8. The Morgan fingerprint density at radius 1 is 1.67 bits per heavy atom. The van der Waals surface area contributed by atoms with Crippen LogP contribution in [0.25, 0.3) is 0 Å². The fraction of sp³-hybridized carbons (Fsp3) is 0.545. The minimum absolute atomic E-state index is 0.0100. The maximum atomic E-state index is 11.0. The van der Waals surface area contributed by atoms with Gasteiger partial charge in [-0.2, -0.15) is 0 Å². The highest BCUT2D eigenvalue weighted by atomic mass is 35.5. The first kappa shape index (κ1) is 13.0. The van der Waals surface area contributed by atoms with E-state index in [9.17, 15) is 10.1 Å². The van der Waals surface area contributed by atoms with Crippen LogP contribution in [-0.4, -0.2) is 29.0 Å². The van der Waals surface area contributed by atoms with Crippen molar-refractivity contribution >= 4 is 23.1 Å². The number of pyridine rings is 1. The number of nitro groups is 1. The predicted octanol–water partition coefficient (Wildman–Crippen LogP) is 1.82. The van der Waals surface area contributed by atoms with Crippen LogP contribution >= 0.6 is 11.6 Å². The van der Waals surface area contributed by atoms with Crippen LogP contribution in [0, 0.1) is 16.0 Å². The van der Waals surface area contributed by atoms with Gasteiger partial charge in [0.25, 0.3) is 0 Å². The third-order valence-corrected chi connectivity index (χ3v) is 3.53. The van der Waals surface area contributed by atoms with Gasteiger partial charge in [0.05, 0.1) is 9.95 Å². The zero-order valence-electron chi connectivity index (χ0n) is 10.0. The number of rotatable bonds is 2. The van der Waals surface area contributed by atoms with E-state index in [2.05, 4.69) is 11.9 Å². The minimum Gasteiger partial charge on any atom is -0.349 e. The van der Waals surface area contributed by atoms with Gasteiger partial charge in [0, 0.05) is 31.4 Å². The SMILES string of the molecule is CC1CCN(c2ncc(Cl)cc2[N+](=O)[O-])CC1N. The Kier molecular flexibility index (Phi) is 3.68. The Morgan fingerprint density at radius 3 is 3.00 bits per heavy atom. The van der Waals surface area contributed by atoms with Crippen molar-refractivity contribution in [2.24, 2.45) is 11.7 Å². The van der Waals surface area contributed by atoms with E-state index in [1.165, 1.54) is 12.3 Å². The summed E-state index contributed by atoms with van der Waals surface area (Å²) in [6.45, 7) is 3.40. The predicted molar refractivity (Wildman–Crippen MR) is 69.9 cm³/mol. The molecule has 2 heterocycles. The van der Waals surface area contributed by atoms with E-state index in [1.54, 1.807) is 0 Å². The summed E-state index contributed by atoms with van der Waals surface area (Å²) in [5, 5.41) is 11.3. The molecule has 18 heavy (non-hydrogen) atoms. The molecule has 0 saturated carbocycles. The molecule has 1 aromatic rings. The van der Waals surface area contributed by atoms with Crippen LogP contribution in [0.5, 0.6) is 0 Å². The summed E-state index contributed by atoms with van der Waals surface area (Å²) in [5.41, 5.74) is 5.93. The molecule has 1 saturated heterocycles. The Bertz CT molecular complexity index is 468. The fourth-order valence-electron chi connectivity index (χ4n) is 2.09. The molecule has 98 valence electrons. The standard InChI is InChI=1S/C11H15ClN4O2/c1-7-2-3-15(6-9(7)13)11-10(16(17)18)4-8(12)5-14-11/h4-5,7,9H,2-3,6,13H2,1H3. The smallest absolute Gasteiger partial charge is 0.313 e. The lowest BCUT2D eigenvalue weighted by molar-refractivity contribution is -0.384. The second-order valence-electron chi connectivity index (χ2n) is 4.63. The van der Waals surface area contributed by atoms with Crippen LogP contribution < -0.4 is 10.6 Å². The summed E-state index contributed by atoms with van der Waals surface area (Å²) in [6.07, 6.45) is 2.33. The van der Waals surface area contributed by atoms with Gasteiger partial charge in [-0.3, -0.25) is 10.1 Å². The van der Waals surface area contributed by atoms with Gasteiger partial charge in [0.1, 0.15) is 0 Å². The highest BCUT2D eigenvalue weighted by Crippen LogP contribution is 2.30. The molecule has 6 nitrogen and oxygen atoms in total. The molecule has 1 aliphatic heterocycles.